The summed E-state index contributed by atoms with van der Waals surface area (Å²) in [6, 6.07) is 15.1. The highest BCUT2D eigenvalue weighted by molar-refractivity contribution is 9.10. The standard InChI is InChI=1S/C20H20BrN3O2/c1-14-17(12-23-24(14)2)11-22-20(25)16-7-5-6-15(10-16)13-26-19-9-4-3-8-18(19)21/h3-10,12H,11,13H2,1-2H3,(H,22,25). The summed E-state index contributed by atoms with van der Waals surface area (Å²) < 4.78 is 8.51. The SMILES string of the molecule is Cc1c(CNC(=O)c2cccc(COc3ccccc3Br)c2)cnn1C. The van der Waals surface area contributed by atoms with E-state index in [1.807, 2.05) is 56.4 Å². The van der Waals surface area contributed by atoms with Gasteiger partial charge in [0, 0.05) is 30.4 Å². The molecule has 2 aromatic carbocycles. The maximum Gasteiger partial charge on any atom is 0.251 e. The van der Waals surface area contributed by atoms with E-state index in [0.29, 0.717) is 18.7 Å². The van der Waals surface area contributed by atoms with Crippen LogP contribution in [0.3, 0.4) is 0 Å². The fraction of sp³-hybridized carbons (Fsp3) is 0.200. The number of aromatic nitrogens is 2. The van der Waals surface area contributed by atoms with Crippen LogP contribution in [0.1, 0.15) is 27.2 Å². The average Bonchev–Trinajstić information content (AvgIpc) is 2.97. The number of rotatable bonds is 6. The molecule has 0 bridgehead atoms. The first kappa shape index (κ1) is 18.2. The average molecular weight is 414 g/mol. The maximum atomic E-state index is 12.4. The predicted molar refractivity (Wildman–Crippen MR) is 104 cm³/mol. The van der Waals surface area contributed by atoms with Crippen molar-refractivity contribution in [2.45, 2.75) is 20.1 Å². The van der Waals surface area contributed by atoms with Gasteiger partial charge in [-0.25, -0.2) is 0 Å². The summed E-state index contributed by atoms with van der Waals surface area (Å²) >= 11 is 3.46. The zero-order chi connectivity index (χ0) is 18.5. The minimum Gasteiger partial charge on any atom is -0.488 e. The summed E-state index contributed by atoms with van der Waals surface area (Å²) in [5.74, 6) is 0.658. The van der Waals surface area contributed by atoms with E-state index in [2.05, 4.69) is 26.3 Å². The monoisotopic (exact) mass is 413 g/mol. The van der Waals surface area contributed by atoms with Crippen LogP contribution in [0.5, 0.6) is 5.75 Å². The van der Waals surface area contributed by atoms with Gasteiger partial charge in [-0.15, -0.1) is 0 Å². The summed E-state index contributed by atoms with van der Waals surface area (Å²) in [7, 11) is 1.88. The molecule has 1 amide bonds. The minimum atomic E-state index is -0.115. The lowest BCUT2D eigenvalue weighted by Crippen LogP contribution is -2.23. The van der Waals surface area contributed by atoms with Crippen LogP contribution in [0.25, 0.3) is 0 Å². The number of nitrogens with zero attached hydrogens (tertiary/aromatic N) is 2. The van der Waals surface area contributed by atoms with Gasteiger partial charge in [0.05, 0.1) is 10.7 Å². The van der Waals surface area contributed by atoms with Crippen molar-refractivity contribution in [2.24, 2.45) is 7.05 Å². The topological polar surface area (TPSA) is 56.1 Å². The van der Waals surface area contributed by atoms with E-state index in [1.54, 1.807) is 16.9 Å². The molecule has 0 unspecified atom stereocenters. The lowest BCUT2D eigenvalue weighted by atomic mass is 10.1. The Labute approximate surface area is 161 Å². The first-order chi connectivity index (χ1) is 12.5. The van der Waals surface area contributed by atoms with Crippen LogP contribution in [0, 0.1) is 6.92 Å². The fourth-order valence-electron chi connectivity index (χ4n) is 2.52. The van der Waals surface area contributed by atoms with Gasteiger partial charge in [0.1, 0.15) is 12.4 Å². The molecule has 0 spiro atoms. The highest BCUT2D eigenvalue weighted by atomic mass is 79.9. The van der Waals surface area contributed by atoms with Crippen LogP contribution in [0.4, 0.5) is 0 Å². The number of amides is 1. The molecule has 0 radical (unpaired) electrons. The molecule has 0 saturated heterocycles. The zero-order valence-corrected chi connectivity index (χ0v) is 16.3. The fourth-order valence-corrected chi connectivity index (χ4v) is 2.92. The largest absolute Gasteiger partial charge is 0.488 e. The lowest BCUT2D eigenvalue weighted by Gasteiger charge is -2.10. The third kappa shape index (κ3) is 4.32. The molecule has 1 N–H and O–H groups in total. The highest BCUT2D eigenvalue weighted by Gasteiger charge is 2.09. The Bertz CT molecular complexity index is 921. The zero-order valence-electron chi connectivity index (χ0n) is 14.7. The van der Waals surface area contributed by atoms with E-state index < -0.39 is 0 Å². The molecular weight excluding hydrogens is 394 g/mol. The van der Waals surface area contributed by atoms with Crippen molar-refractivity contribution in [1.29, 1.82) is 0 Å². The number of hydrogen-bond donors (Lipinski definition) is 1. The Morgan fingerprint density at radius 3 is 2.77 bits per heavy atom. The Balaban J connectivity index is 1.62. The van der Waals surface area contributed by atoms with E-state index in [0.717, 1.165) is 27.0 Å². The number of benzene rings is 2. The number of nitrogens with one attached hydrogen (secondary N) is 1. The number of carbonyl (C=O) groups is 1. The lowest BCUT2D eigenvalue weighted by molar-refractivity contribution is 0.0950. The maximum absolute atomic E-state index is 12.4. The molecule has 134 valence electrons. The van der Waals surface area contributed by atoms with Crippen molar-refractivity contribution in [2.75, 3.05) is 0 Å². The van der Waals surface area contributed by atoms with Gasteiger partial charge >= 0.3 is 0 Å². The molecular formula is C20H20BrN3O2. The van der Waals surface area contributed by atoms with E-state index in [-0.39, 0.29) is 5.91 Å². The molecule has 6 heteroatoms. The third-order valence-electron chi connectivity index (χ3n) is 4.20. The third-order valence-corrected chi connectivity index (χ3v) is 4.85. The second-order valence-corrected chi connectivity index (χ2v) is 6.84. The van der Waals surface area contributed by atoms with Gasteiger partial charge < -0.3 is 10.1 Å². The molecule has 0 aliphatic rings. The smallest absolute Gasteiger partial charge is 0.251 e. The van der Waals surface area contributed by atoms with Crippen molar-refractivity contribution in [3.8, 4) is 5.75 Å². The second-order valence-electron chi connectivity index (χ2n) is 5.98. The van der Waals surface area contributed by atoms with E-state index >= 15 is 0 Å². The van der Waals surface area contributed by atoms with Crippen LogP contribution >= 0.6 is 15.9 Å². The van der Waals surface area contributed by atoms with E-state index in [9.17, 15) is 4.79 Å². The van der Waals surface area contributed by atoms with Crippen molar-refractivity contribution < 1.29 is 9.53 Å². The molecule has 1 heterocycles. The predicted octanol–water partition coefficient (Wildman–Crippen LogP) is 4.00. The van der Waals surface area contributed by atoms with Crippen LogP contribution in [0.15, 0.2) is 59.2 Å². The van der Waals surface area contributed by atoms with Gasteiger partial charge in [-0.1, -0.05) is 24.3 Å². The summed E-state index contributed by atoms with van der Waals surface area (Å²) in [4.78, 5) is 12.4. The normalized spacial score (nSPS) is 10.6. The Morgan fingerprint density at radius 2 is 2.04 bits per heavy atom. The molecule has 3 aromatic rings. The van der Waals surface area contributed by atoms with Crippen LogP contribution in [-0.2, 0) is 20.2 Å². The molecule has 0 saturated carbocycles. The van der Waals surface area contributed by atoms with Gasteiger partial charge in [0.25, 0.3) is 5.91 Å². The van der Waals surface area contributed by atoms with Gasteiger partial charge in [0.2, 0.25) is 0 Å². The minimum absolute atomic E-state index is 0.115. The molecule has 0 aliphatic heterocycles. The number of hydrogen-bond acceptors (Lipinski definition) is 3. The van der Waals surface area contributed by atoms with Crippen LogP contribution in [-0.4, -0.2) is 15.7 Å². The molecule has 26 heavy (non-hydrogen) atoms. The molecule has 0 aliphatic carbocycles. The molecule has 1 aromatic heterocycles. The Morgan fingerprint density at radius 1 is 1.23 bits per heavy atom. The quantitative estimate of drug-likeness (QED) is 0.664. The van der Waals surface area contributed by atoms with Crippen molar-refractivity contribution in [3.05, 3.63) is 81.6 Å². The summed E-state index contributed by atoms with van der Waals surface area (Å²) in [6.45, 7) is 2.83. The molecule has 3 rings (SSSR count). The van der Waals surface area contributed by atoms with Gasteiger partial charge in [-0.3, -0.25) is 9.48 Å². The van der Waals surface area contributed by atoms with Crippen molar-refractivity contribution >= 4 is 21.8 Å². The second kappa shape index (κ2) is 8.19. The number of carbonyl (C=O) groups excluding carboxylic acids is 1. The van der Waals surface area contributed by atoms with E-state index in [1.165, 1.54) is 0 Å². The Hall–Kier alpha value is -2.60. The number of halogens is 1. The van der Waals surface area contributed by atoms with Crippen LogP contribution < -0.4 is 10.1 Å². The Kier molecular flexibility index (Phi) is 5.73. The number of para-hydroxylation sites is 1. The summed E-state index contributed by atoms with van der Waals surface area (Å²) in [6.07, 6.45) is 1.78. The summed E-state index contributed by atoms with van der Waals surface area (Å²) in [5, 5.41) is 7.13. The number of aryl methyl sites for hydroxylation is 1. The molecule has 0 fully saturated rings. The van der Waals surface area contributed by atoms with Gasteiger partial charge in [0.15, 0.2) is 0 Å². The highest BCUT2D eigenvalue weighted by Crippen LogP contribution is 2.24. The molecule has 0 atom stereocenters. The van der Waals surface area contributed by atoms with Crippen LogP contribution in [0.2, 0.25) is 0 Å². The van der Waals surface area contributed by atoms with Gasteiger partial charge in [-0.05, 0) is 52.7 Å². The first-order valence-corrected chi connectivity index (χ1v) is 9.06. The van der Waals surface area contributed by atoms with E-state index in [4.69, 9.17) is 4.74 Å². The number of ether oxygens (including phenoxy) is 1. The van der Waals surface area contributed by atoms with Crippen molar-refractivity contribution in [3.63, 3.8) is 0 Å². The van der Waals surface area contributed by atoms with Crippen molar-refractivity contribution in [1.82, 2.24) is 15.1 Å². The molecule has 5 nitrogen and oxygen atoms in total. The van der Waals surface area contributed by atoms with Gasteiger partial charge in [-0.2, -0.15) is 5.10 Å². The first-order valence-electron chi connectivity index (χ1n) is 8.26. The summed E-state index contributed by atoms with van der Waals surface area (Å²) in [5.41, 5.74) is 3.60.